The lowest BCUT2D eigenvalue weighted by Gasteiger charge is -2.04. The molecule has 0 saturated carbocycles. The fourth-order valence-electron chi connectivity index (χ4n) is 1.96. The second-order valence-electron chi connectivity index (χ2n) is 4.73. The quantitative estimate of drug-likeness (QED) is 0.707. The van der Waals surface area contributed by atoms with Gasteiger partial charge in [0.25, 0.3) is 0 Å². The van der Waals surface area contributed by atoms with Crippen LogP contribution in [0.25, 0.3) is 11.3 Å². The fourth-order valence-corrected chi connectivity index (χ4v) is 3.47. The van der Waals surface area contributed by atoms with Gasteiger partial charge in [-0.15, -0.1) is 11.3 Å². The van der Waals surface area contributed by atoms with Crippen LogP contribution in [0.4, 0.5) is 9.93 Å². The van der Waals surface area contributed by atoms with Crippen LogP contribution in [0.2, 0.25) is 0 Å². The summed E-state index contributed by atoms with van der Waals surface area (Å²) in [5.41, 5.74) is 2.13. The molecule has 2 aromatic heterocycles. The van der Waals surface area contributed by atoms with Crippen LogP contribution in [0, 0.1) is 0 Å². The maximum atomic E-state index is 11.8. The lowest BCUT2D eigenvalue weighted by Crippen LogP contribution is -2.13. The molecule has 1 aromatic carbocycles. The summed E-state index contributed by atoms with van der Waals surface area (Å²) >= 11 is 2.50. The van der Waals surface area contributed by atoms with E-state index < -0.39 is 12.1 Å². The highest BCUT2D eigenvalue weighted by Gasteiger charge is 2.16. The van der Waals surface area contributed by atoms with Crippen LogP contribution in [-0.2, 0) is 11.3 Å². The van der Waals surface area contributed by atoms with Crippen molar-refractivity contribution in [3.05, 3.63) is 57.6 Å². The van der Waals surface area contributed by atoms with Gasteiger partial charge in [-0.25, -0.2) is 14.6 Å². The molecule has 0 spiro atoms. The molecule has 0 aliphatic heterocycles. The Morgan fingerprint density at radius 2 is 1.96 bits per heavy atom. The van der Waals surface area contributed by atoms with Gasteiger partial charge < -0.3 is 9.84 Å². The molecule has 1 amide bonds. The number of carbonyl (C=O) groups is 2. The predicted molar refractivity (Wildman–Crippen MR) is 92.6 cm³/mol. The lowest BCUT2D eigenvalue weighted by molar-refractivity contribution is 0.0698. The number of aromatic nitrogens is 1. The van der Waals surface area contributed by atoms with Gasteiger partial charge in [-0.05, 0) is 5.56 Å². The number of carboxylic acids is 1. The number of anilines is 1. The van der Waals surface area contributed by atoms with Gasteiger partial charge >= 0.3 is 12.1 Å². The van der Waals surface area contributed by atoms with E-state index in [4.69, 9.17) is 9.84 Å². The first-order valence-corrected chi connectivity index (χ1v) is 8.69. The van der Waals surface area contributed by atoms with Crippen molar-refractivity contribution in [2.45, 2.75) is 6.61 Å². The molecule has 0 aliphatic carbocycles. The fraction of sp³-hybridized carbons (Fsp3) is 0.0625. The van der Waals surface area contributed by atoms with E-state index in [1.807, 2.05) is 30.3 Å². The van der Waals surface area contributed by atoms with Gasteiger partial charge in [0.15, 0.2) is 5.13 Å². The van der Waals surface area contributed by atoms with Gasteiger partial charge in [0.05, 0.1) is 11.3 Å². The molecular weight excluding hydrogens is 348 g/mol. The van der Waals surface area contributed by atoms with Crippen LogP contribution in [0.1, 0.15) is 15.9 Å². The summed E-state index contributed by atoms with van der Waals surface area (Å²) in [6.45, 7) is 0.165. The highest BCUT2D eigenvalue weighted by Crippen LogP contribution is 2.30. The monoisotopic (exact) mass is 360 g/mol. The number of aromatic carboxylic acids is 1. The summed E-state index contributed by atoms with van der Waals surface area (Å²) in [6.07, 6.45) is -0.608. The van der Waals surface area contributed by atoms with Crippen LogP contribution in [0.5, 0.6) is 0 Å². The zero-order valence-electron chi connectivity index (χ0n) is 12.3. The zero-order chi connectivity index (χ0) is 16.9. The number of ether oxygens (including phenoxy) is 1. The Morgan fingerprint density at radius 1 is 1.17 bits per heavy atom. The average Bonchev–Trinajstić information content (AvgIpc) is 3.22. The van der Waals surface area contributed by atoms with E-state index in [1.54, 1.807) is 16.1 Å². The Morgan fingerprint density at radius 3 is 2.71 bits per heavy atom. The number of hydrogen-bond donors (Lipinski definition) is 2. The van der Waals surface area contributed by atoms with Gasteiger partial charge in [-0.2, -0.15) is 11.3 Å². The number of thiophene rings is 1. The summed E-state index contributed by atoms with van der Waals surface area (Å²) < 4.78 is 5.12. The third-order valence-electron chi connectivity index (χ3n) is 3.09. The molecule has 0 fully saturated rings. The predicted octanol–water partition coefficient (Wildman–Crippen LogP) is 4.32. The van der Waals surface area contributed by atoms with Crippen molar-refractivity contribution in [2.24, 2.45) is 0 Å². The third kappa shape index (κ3) is 3.79. The Bertz CT molecular complexity index is 858. The summed E-state index contributed by atoms with van der Waals surface area (Å²) in [4.78, 5) is 27.2. The van der Waals surface area contributed by atoms with Crippen molar-refractivity contribution in [1.29, 1.82) is 0 Å². The second-order valence-corrected chi connectivity index (χ2v) is 6.33. The van der Waals surface area contributed by atoms with Gasteiger partial charge in [0, 0.05) is 21.7 Å². The highest BCUT2D eigenvalue weighted by atomic mass is 32.1. The molecule has 122 valence electrons. The molecule has 3 rings (SSSR count). The van der Waals surface area contributed by atoms with E-state index in [-0.39, 0.29) is 12.2 Å². The molecule has 2 heterocycles. The Labute approximate surface area is 145 Å². The van der Waals surface area contributed by atoms with Crippen LogP contribution in [0.3, 0.4) is 0 Å². The first kappa shape index (κ1) is 16.2. The van der Waals surface area contributed by atoms with Crippen LogP contribution in [0.15, 0.2) is 46.5 Å². The normalized spacial score (nSPS) is 10.3. The largest absolute Gasteiger partial charge is 0.478 e. The van der Waals surface area contributed by atoms with E-state index in [9.17, 15) is 9.59 Å². The minimum Gasteiger partial charge on any atom is -0.478 e. The van der Waals surface area contributed by atoms with E-state index >= 15 is 0 Å². The maximum absolute atomic E-state index is 11.8. The Kier molecular flexibility index (Phi) is 4.88. The smallest absolute Gasteiger partial charge is 0.413 e. The minimum atomic E-state index is -1.00. The topological polar surface area (TPSA) is 88.5 Å². The number of thiazole rings is 1. The Hall–Kier alpha value is -2.71. The van der Waals surface area contributed by atoms with Crippen molar-refractivity contribution in [3.8, 4) is 11.3 Å². The SMILES string of the molecule is O=C(Nc1nc(-c2cscc2C(=O)O)cs1)OCc1ccccc1. The standard InChI is InChI=1S/C16H12N2O4S2/c19-14(20)12-8-23-7-11(12)13-9-24-15(17-13)18-16(21)22-6-10-4-2-1-3-5-10/h1-5,7-9H,6H2,(H,19,20)(H,17,18,21). The van der Waals surface area contributed by atoms with Crippen LogP contribution in [-0.4, -0.2) is 22.2 Å². The van der Waals surface area contributed by atoms with Crippen molar-refractivity contribution in [1.82, 2.24) is 4.98 Å². The number of hydrogen-bond acceptors (Lipinski definition) is 6. The molecule has 0 saturated heterocycles. The molecule has 3 aromatic rings. The van der Waals surface area contributed by atoms with E-state index in [1.165, 1.54) is 22.7 Å². The van der Waals surface area contributed by atoms with Gasteiger partial charge in [0.2, 0.25) is 0 Å². The summed E-state index contributed by atoms with van der Waals surface area (Å²) in [7, 11) is 0. The van der Waals surface area contributed by atoms with Crippen LogP contribution < -0.4 is 5.32 Å². The van der Waals surface area contributed by atoms with Crippen molar-refractivity contribution in [3.63, 3.8) is 0 Å². The molecule has 0 bridgehead atoms. The molecule has 2 N–H and O–H groups in total. The number of rotatable bonds is 5. The Balaban J connectivity index is 1.62. The second kappa shape index (κ2) is 7.24. The number of nitrogens with one attached hydrogen (secondary N) is 1. The molecule has 0 atom stereocenters. The summed E-state index contributed by atoms with van der Waals surface area (Å²) in [6, 6.07) is 9.34. The van der Waals surface area contributed by atoms with E-state index in [0.717, 1.165) is 5.56 Å². The number of nitrogens with zero attached hydrogens (tertiary/aromatic N) is 1. The highest BCUT2D eigenvalue weighted by molar-refractivity contribution is 7.14. The van der Waals surface area contributed by atoms with Crippen LogP contribution >= 0.6 is 22.7 Å². The molecule has 0 radical (unpaired) electrons. The molecule has 6 nitrogen and oxygen atoms in total. The van der Waals surface area contributed by atoms with Gasteiger partial charge in [-0.1, -0.05) is 30.3 Å². The first-order chi connectivity index (χ1) is 11.6. The number of amides is 1. The van der Waals surface area contributed by atoms with E-state index in [2.05, 4.69) is 10.3 Å². The van der Waals surface area contributed by atoms with Crippen molar-refractivity contribution in [2.75, 3.05) is 5.32 Å². The van der Waals surface area contributed by atoms with Gasteiger partial charge in [-0.3, -0.25) is 5.32 Å². The molecule has 8 heteroatoms. The average molecular weight is 360 g/mol. The summed E-state index contributed by atoms with van der Waals surface area (Å²) in [5, 5.41) is 17.0. The zero-order valence-corrected chi connectivity index (χ0v) is 13.9. The number of benzene rings is 1. The third-order valence-corrected chi connectivity index (χ3v) is 4.60. The molecule has 0 unspecified atom stereocenters. The molecule has 24 heavy (non-hydrogen) atoms. The lowest BCUT2D eigenvalue weighted by atomic mass is 10.1. The van der Waals surface area contributed by atoms with Gasteiger partial charge in [0.1, 0.15) is 6.61 Å². The van der Waals surface area contributed by atoms with Crippen molar-refractivity contribution < 1.29 is 19.4 Å². The molecular formula is C16H12N2O4S2. The maximum Gasteiger partial charge on any atom is 0.413 e. The van der Waals surface area contributed by atoms with Crippen molar-refractivity contribution >= 4 is 39.9 Å². The first-order valence-electron chi connectivity index (χ1n) is 6.86. The number of carboxylic acid groups (broad SMARTS) is 1. The number of carbonyl (C=O) groups excluding carboxylic acids is 1. The minimum absolute atomic E-state index is 0.165. The van der Waals surface area contributed by atoms with E-state index in [0.29, 0.717) is 16.4 Å². The summed E-state index contributed by atoms with van der Waals surface area (Å²) in [5.74, 6) is -1.00. The molecule has 0 aliphatic rings.